The standard InChI is InChI=1S/C18H18ClN3O2S/c19-16-8-4-9-17(14-16)25(23,24)21-10-5-12-22-13-11-20-18(22)15-6-2-1-3-7-15/h1-4,6-9,11,13-14,21H,5,10,12H2. The van der Waals surface area contributed by atoms with E-state index in [1.54, 1.807) is 18.3 Å². The van der Waals surface area contributed by atoms with Crippen LogP contribution < -0.4 is 4.72 Å². The van der Waals surface area contributed by atoms with E-state index in [2.05, 4.69) is 9.71 Å². The highest BCUT2D eigenvalue weighted by atomic mass is 35.5. The van der Waals surface area contributed by atoms with Gasteiger partial charge >= 0.3 is 0 Å². The number of hydrogen-bond acceptors (Lipinski definition) is 3. The third-order valence-corrected chi connectivity index (χ3v) is 5.42. The van der Waals surface area contributed by atoms with E-state index in [0.717, 1.165) is 11.4 Å². The molecule has 7 heteroatoms. The summed E-state index contributed by atoms with van der Waals surface area (Å²) >= 11 is 5.85. The predicted octanol–water partition coefficient (Wildman–Crippen LogP) is 3.57. The summed E-state index contributed by atoms with van der Waals surface area (Å²) in [5.74, 6) is 0.873. The Balaban J connectivity index is 1.59. The number of halogens is 1. The van der Waals surface area contributed by atoms with Gasteiger partial charge in [-0.05, 0) is 24.6 Å². The van der Waals surface area contributed by atoms with E-state index >= 15 is 0 Å². The minimum atomic E-state index is -3.55. The molecular weight excluding hydrogens is 358 g/mol. The van der Waals surface area contributed by atoms with E-state index in [4.69, 9.17) is 11.6 Å². The fraction of sp³-hybridized carbons (Fsp3) is 0.167. The summed E-state index contributed by atoms with van der Waals surface area (Å²) in [6.07, 6.45) is 4.29. The lowest BCUT2D eigenvalue weighted by Crippen LogP contribution is -2.25. The summed E-state index contributed by atoms with van der Waals surface area (Å²) < 4.78 is 29.1. The van der Waals surface area contributed by atoms with Crippen molar-refractivity contribution >= 4 is 21.6 Å². The Morgan fingerprint density at radius 2 is 1.88 bits per heavy atom. The summed E-state index contributed by atoms with van der Waals surface area (Å²) in [5, 5.41) is 0.397. The van der Waals surface area contributed by atoms with Gasteiger partial charge in [-0.2, -0.15) is 0 Å². The van der Waals surface area contributed by atoms with Crippen LogP contribution in [0, 0.1) is 0 Å². The summed E-state index contributed by atoms with van der Waals surface area (Å²) in [5.41, 5.74) is 1.03. The van der Waals surface area contributed by atoms with Crippen molar-refractivity contribution in [1.29, 1.82) is 0 Å². The molecule has 0 radical (unpaired) electrons. The molecule has 0 saturated carbocycles. The smallest absolute Gasteiger partial charge is 0.240 e. The third-order valence-electron chi connectivity index (χ3n) is 3.72. The second kappa shape index (κ2) is 7.82. The van der Waals surface area contributed by atoms with Gasteiger partial charge in [-0.25, -0.2) is 18.1 Å². The van der Waals surface area contributed by atoms with Gasteiger partial charge in [-0.15, -0.1) is 0 Å². The molecule has 3 rings (SSSR count). The van der Waals surface area contributed by atoms with Crippen LogP contribution in [0.2, 0.25) is 5.02 Å². The van der Waals surface area contributed by atoms with E-state index in [0.29, 0.717) is 24.5 Å². The molecule has 1 heterocycles. The monoisotopic (exact) mass is 375 g/mol. The largest absolute Gasteiger partial charge is 0.331 e. The highest BCUT2D eigenvalue weighted by Gasteiger charge is 2.13. The number of hydrogen-bond donors (Lipinski definition) is 1. The number of nitrogens with zero attached hydrogens (tertiary/aromatic N) is 2. The highest BCUT2D eigenvalue weighted by Crippen LogP contribution is 2.17. The van der Waals surface area contributed by atoms with E-state index in [-0.39, 0.29) is 4.90 Å². The zero-order valence-corrected chi connectivity index (χ0v) is 15.0. The van der Waals surface area contributed by atoms with E-state index < -0.39 is 10.0 Å². The maximum Gasteiger partial charge on any atom is 0.240 e. The van der Waals surface area contributed by atoms with Crippen molar-refractivity contribution in [2.45, 2.75) is 17.9 Å². The first-order chi connectivity index (χ1) is 12.1. The summed E-state index contributed by atoms with van der Waals surface area (Å²) in [7, 11) is -3.55. The normalized spacial score (nSPS) is 11.6. The molecule has 0 spiro atoms. The number of sulfonamides is 1. The minimum Gasteiger partial charge on any atom is -0.331 e. The van der Waals surface area contributed by atoms with Crippen LogP contribution in [0.15, 0.2) is 71.9 Å². The number of aromatic nitrogens is 2. The fourth-order valence-electron chi connectivity index (χ4n) is 2.51. The zero-order valence-electron chi connectivity index (χ0n) is 13.5. The molecule has 0 aliphatic rings. The van der Waals surface area contributed by atoms with Crippen LogP contribution in [0.3, 0.4) is 0 Å². The lowest BCUT2D eigenvalue weighted by atomic mass is 10.2. The Bertz CT molecular complexity index is 940. The van der Waals surface area contributed by atoms with Crippen LogP contribution in [-0.2, 0) is 16.6 Å². The molecule has 0 amide bonds. The van der Waals surface area contributed by atoms with Crippen molar-refractivity contribution in [2.24, 2.45) is 0 Å². The molecule has 2 aromatic carbocycles. The van der Waals surface area contributed by atoms with Gasteiger partial charge in [0, 0.05) is 36.1 Å². The number of benzene rings is 2. The van der Waals surface area contributed by atoms with Crippen molar-refractivity contribution in [2.75, 3.05) is 6.54 Å². The Morgan fingerprint density at radius 3 is 2.64 bits per heavy atom. The number of rotatable bonds is 7. The first-order valence-corrected chi connectivity index (χ1v) is 9.74. The average molecular weight is 376 g/mol. The van der Waals surface area contributed by atoms with Crippen molar-refractivity contribution in [3.63, 3.8) is 0 Å². The second-order valence-corrected chi connectivity index (χ2v) is 7.72. The average Bonchev–Trinajstić information content (AvgIpc) is 3.08. The van der Waals surface area contributed by atoms with Crippen molar-refractivity contribution < 1.29 is 8.42 Å². The molecule has 1 aromatic heterocycles. The molecule has 0 unspecified atom stereocenters. The van der Waals surface area contributed by atoms with Crippen molar-refractivity contribution in [1.82, 2.24) is 14.3 Å². The minimum absolute atomic E-state index is 0.174. The van der Waals surface area contributed by atoms with Gasteiger partial charge in [0.05, 0.1) is 4.90 Å². The number of nitrogens with one attached hydrogen (secondary N) is 1. The topological polar surface area (TPSA) is 64.0 Å². The molecule has 0 saturated heterocycles. The van der Waals surface area contributed by atoms with Crippen LogP contribution in [0.5, 0.6) is 0 Å². The van der Waals surface area contributed by atoms with Gasteiger partial charge in [0.15, 0.2) is 0 Å². The number of imidazole rings is 1. The molecule has 0 fully saturated rings. The summed E-state index contributed by atoms with van der Waals surface area (Å²) in [6, 6.07) is 16.1. The number of aryl methyl sites for hydroxylation is 1. The molecule has 0 aliphatic carbocycles. The van der Waals surface area contributed by atoms with Crippen LogP contribution in [0.25, 0.3) is 11.4 Å². The van der Waals surface area contributed by atoms with Crippen LogP contribution in [0.1, 0.15) is 6.42 Å². The maximum absolute atomic E-state index is 12.2. The zero-order chi connectivity index (χ0) is 17.7. The van der Waals surface area contributed by atoms with Gasteiger partial charge in [0.1, 0.15) is 5.82 Å². The van der Waals surface area contributed by atoms with Gasteiger partial charge in [0.25, 0.3) is 0 Å². The Hall–Kier alpha value is -2.15. The molecular formula is C18H18ClN3O2S. The van der Waals surface area contributed by atoms with Crippen molar-refractivity contribution in [3.8, 4) is 11.4 Å². The Labute approximate surface area is 152 Å². The third kappa shape index (κ3) is 4.48. The van der Waals surface area contributed by atoms with Crippen molar-refractivity contribution in [3.05, 3.63) is 72.0 Å². The molecule has 0 aliphatic heterocycles. The van der Waals surface area contributed by atoms with E-state index in [9.17, 15) is 8.42 Å². The second-order valence-electron chi connectivity index (χ2n) is 5.52. The van der Waals surface area contributed by atoms with Gasteiger partial charge in [-0.1, -0.05) is 48.0 Å². The summed E-state index contributed by atoms with van der Waals surface area (Å²) in [6.45, 7) is 1.00. The molecule has 25 heavy (non-hydrogen) atoms. The van der Waals surface area contributed by atoms with E-state index in [1.807, 2.05) is 41.1 Å². The summed E-state index contributed by atoms with van der Waals surface area (Å²) in [4.78, 5) is 4.55. The SMILES string of the molecule is O=S(=O)(NCCCn1ccnc1-c1ccccc1)c1cccc(Cl)c1. The molecule has 130 valence electrons. The Morgan fingerprint density at radius 1 is 1.08 bits per heavy atom. The highest BCUT2D eigenvalue weighted by molar-refractivity contribution is 7.89. The molecule has 5 nitrogen and oxygen atoms in total. The predicted molar refractivity (Wildman–Crippen MR) is 98.9 cm³/mol. The first kappa shape index (κ1) is 17.7. The fourth-order valence-corrected chi connectivity index (χ4v) is 3.89. The molecule has 1 N–H and O–H groups in total. The first-order valence-electron chi connectivity index (χ1n) is 7.88. The van der Waals surface area contributed by atoms with Crippen LogP contribution in [-0.4, -0.2) is 24.5 Å². The lowest BCUT2D eigenvalue weighted by Gasteiger charge is -2.09. The Kier molecular flexibility index (Phi) is 5.53. The quantitative estimate of drug-likeness (QED) is 0.642. The lowest BCUT2D eigenvalue weighted by molar-refractivity contribution is 0.570. The van der Waals surface area contributed by atoms with Gasteiger partial charge in [-0.3, -0.25) is 0 Å². The van der Waals surface area contributed by atoms with Gasteiger partial charge < -0.3 is 4.57 Å². The van der Waals surface area contributed by atoms with E-state index in [1.165, 1.54) is 12.1 Å². The molecule has 3 aromatic rings. The maximum atomic E-state index is 12.2. The van der Waals surface area contributed by atoms with Crippen LogP contribution >= 0.6 is 11.6 Å². The molecule has 0 atom stereocenters. The van der Waals surface area contributed by atoms with Crippen LogP contribution in [0.4, 0.5) is 0 Å². The van der Waals surface area contributed by atoms with Gasteiger partial charge in [0.2, 0.25) is 10.0 Å². The molecule has 0 bridgehead atoms.